The number of nitroso groups, excluding NO2 is 1. The van der Waals surface area contributed by atoms with E-state index in [4.69, 9.17) is 4.74 Å². The molecule has 0 bridgehead atoms. The van der Waals surface area contributed by atoms with E-state index in [0.717, 1.165) is 36.7 Å². The minimum Gasteiger partial charge on any atom is -0.376 e. The van der Waals surface area contributed by atoms with Crippen LogP contribution < -0.4 is 0 Å². The van der Waals surface area contributed by atoms with Gasteiger partial charge in [0.2, 0.25) is 0 Å². The van der Waals surface area contributed by atoms with Gasteiger partial charge in [-0.3, -0.25) is 0 Å². The van der Waals surface area contributed by atoms with Crippen molar-refractivity contribution < 1.29 is 27.5 Å². The van der Waals surface area contributed by atoms with Crippen molar-refractivity contribution in [2.45, 2.75) is 57.9 Å². The normalized spacial score (nSPS) is 15.2. The molecule has 0 saturated heterocycles. The number of aryl methyl sites for hydroxylation is 1. The predicted molar refractivity (Wildman–Crippen MR) is 127 cm³/mol. The number of carbonyl (C=O) groups is 1. The Morgan fingerprint density at radius 3 is 2.56 bits per heavy atom. The number of benzene rings is 2. The summed E-state index contributed by atoms with van der Waals surface area (Å²) in [5.41, 5.74) is 2.03. The first-order valence-electron chi connectivity index (χ1n) is 11.5. The van der Waals surface area contributed by atoms with Crippen LogP contribution in [0.5, 0.6) is 0 Å². The number of fused-ring (bicyclic) bond motifs is 3. The maximum absolute atomic E-state index is 12.5. The molecule has 1 aliphatic carbocycles. The van der Waals surface area contributed by atoms with Crippen LogP contribution in [-0.2, 0) is 20.9 Å². The minimum atomic E-state index is -5.24. The Hall–Kier alpha value is -3.78. The summed E-state index contributed by atoms with van der Waals surface area (Å²) in [5, 5.41) is 17.0. The fraction of sp³-hybridized carbons (Fsp3) is 0.400. The highest BCUT2D eigenvalue weighted by atomic mass is 19.4. The van der Waals surface area contributed by atoms with Gasteiger partial charge in [-0.25, -0.2) is 4.79 Å². The lowest BCUT2D eigenvalue weighted by molar-refractivity contribution is -0.199. The highest BCUT2D eigenvalue weighted by molar-refractivity contribution is 6.18. The highest BCUT2D eigenvalue weighted by Gasteiger charge is 2.42. The largest absolute Gasteiger partial charge is 0.493 e. The van der Waals surface area contributed by atoms with Gasteiger partial charge in [0.05, 0.1) is 12.7 Å². The maximum Gasteiger partial charge on any atom is 0.493 e. The zero-order valence-corrected chi connectivity index (χ0v) is 19.5. The summed E-state index contributed by atoms with van der Waals surface area (Å²) in [7, 11) is 0. The fourth-order valence-corrected chi connectivity index (χ4v) is 4.72. The fourth-order valence-electron chi connectivity index (χ4n) is 4.72. The van der Waals surface area contributed by atoms with Crippen molar-refractivity contribution in [2.24, 2.45) is 10.3 Å². The van der Waals surface area contributed by atoms with Gasteiger partial charge >= 0.3 is 12.1 Å². The van der Waals surface area contributed by atoms with Crippen LogP contribution in [0.2, 0.25) is 0 Å². The van der Waals surface area contributed by atoms with Gasteiger partial charge in [0, 0.05) is 33.9 Å². The first-order chi connectivity index (χ1) is 17.2. The number of nitriles is 1. The number of ether oxygens (including phenoxy) is 1. The van der Waals surface area contributed by atoms with Gasteiger partial charge in [-0.05, 0) is 60.8 Å². The molecule has 1 aromatic heterocycles. The average Bonchev–Trinajstić information content (AvgIpc) is 3.18. The molecule has 2 aromatic carbocycles. The van der Waals surface area contributed by atoms with E-state index in [0.29, 0.717) is 29.5 Å². The SMILES string of the molecule is Cc1c(/C(C#N)=N/OC(=O)C(F)(F)F)ccc2c1c1cc(N=O)ccc1n2CCOC1CCCCC1. The zero-order valence-electron chi connectivity index (χ0n) is 19.5. The molecular formula is C25H23F3N4O4. The Morgan fingerprint density at radius 2 is 1.89 bits per heavy atom. The lowest BCUT2D eigenvalue weighted by Gasteiger charge is -2.22. The number of alkyl halides is 3. The van der Waals surface area contributed by atoms with Crippen LogP contribution in [0.3, 0.4) is 0 Å². The maximum atomic E-state index is 12.5. The molecule has 1 fully saturated rings. The molecule has 188 valence electrons. The molecule has 8 nitrogen and oxygen atoms in total. The Morgan fingerprint density at radius 1 is 1.17 bits per heavy atom. The molecular weight excluding hydrogens is 477 g/mol. The number of halogens is 3. The molecule has 0 amide bonds. The van der Waals surface area contributed by atoms with Gasteiger partial charge in [0.15, 0.2) is 5.71 Å². The zero-order chi connectivity index (χ0) is 25.9. The first-order valence-corrected chi connectivity index (χ1v) is 11.5. The number of nitrogens with zero attached hydrogens (tertiary/aromatic N) is 4. The van der Waals surface area contributed by atoms with Crippen LogP contribution in [0.4, 0.5) is 18.9 Å². The van der Waals surface area contributed by atoms with E-state index >= 15 is 0 Å². The molecule has 0 unspecified atom stereocenters. The van der Waals surface area contributed by atoms with Crippen LogP contribution in [0.25, 0.3) is 21.8 Å². The molecule has 4 rings (SSSR count). The summed E-state index contributed by atoms with van der Waals surface area (Å²) in [4.78, 5) is 26.2. The number of hydrogen-bond acceptors (Lipinski definition) is 7. The average molecular weight is 500 g/mol. The van der Waals surface area contributed by atoms with Crippen molar-refractivity contribution >= 4 is 39.2 Å². The van der Waals surface area contributed by atoms with Gasteiger partial charge in [-0.1, -0.05) is 24.4 Å². The number of rotatable bonds is 7. The Kier molecular flexibility index (Phi) is 7.35. The number of carbonyl (C=O) groups excluding carboxylic acids is 1. The van der Waals surface area contributed by atoms with E-state index in [1.54, 1.807) is 37.3 Å². The van der Waals surface area contributed by atoms with Crippen molar-refractivity contribution in [1.82, 2.24) is 4.57 Å². The van der Waals surface area contributed by atoms with Crippen molar-refractivity contribution in [1.29, 1.82) is 5.26 Å². The Bertz CT molecular complexity index is 1380. The standard InChI is InChI=1S/C25H23F3N4O4/c1-15-18(20(14-29)31-36-24(33)25(26,27)28)8-10-22-23(15)19-13-16(30-34)7-9-21(19)32(22)11-12-35-17-5-3-2-4-6-17/h7-10,13,17H,2-6,11-12H2,1H3/b31-20+. The molecule has 0 spiro atoms. The molecule has 1 saturated carbocycles. The summed E-state index contributed by atoms with van der Waals surface area (Å²) in [5.74, 6) is -2.52. The van der Waals surface area contributed by atoms with E-state index in [1.807, 2.05) is 4.57 Å². The Labute approximate surface area is 204 Å². The summed E-state index contributed by atoms with van der Waals surface area (Å²) in [6, 6.07) is 9.93. The molecule has 0 aliphatic heterocycles. The molecule has 11 heteroatoms. The van der Waals surface area contributed by atoms with E-state index in [1.165, 1.54) is 12.5 Å². The third kappa shape index (κ3) is 5.09. The molecule has 0 radical (unpaired) electrons. The van der Waals surface area contributed by atoms with Gasteiger partial charge in [0.25, 0.3) is 0 Å². The molecule has 36 heavy (non-hydrogen) atoms. The van der Waals surface area contributed by atoms with Gasteiger partial charge < -0.3 is 14.1 Å². The molecule has 0 atom stereocenters. The molecule has 0 N–H and O–H groups in total. The van der Waals surface area contributed by atoms with Crippen LogP contribution in [0.1, 0.15) is 43.2 Å². The summed E-state index contributed by atoms with van der Waals surface area (Å²) in [6.45, 7) is 2.70. The monoisotopic (exact) mass is 500 g/mol. The predicted octanol–water partition coefficient (Wildman–Crippen LogP) is 6.18. The second kappa shape index (κ2) is 10.5. The quantitative estimate of drug-likeness (QED) is 0.167. The van der Waals surface area contributed by atoms with Crippen LogP contribution in [0, 0.1) is 23.2 Å². The second-order valence-electron chi connectivity index (χ2n) is 8.64. The number of oxime groups is 1. The third-order valence-corrected chi connectivity index (χ3v) is 6.41. The van der Waals surface area contributed by atoms with Crippen molar-refractivity contribution in [3.63, 3.8) is 0 Å². The summed E-state index contributed by atoms with van der Waals surface area (Å²) < 4.78 is 45.6. The van der Waals surface area contributed by atoms with Crippen molar-refractivity contribution in [2.75, 3.05) is 6.61 Å². The van der Waals surface area contributed by atoms with Gasteiger partial charge in [-0.2, -0.15) is 18.4 Å². The van der Waals surface area contributed by atoms with Crippen LogP contribution in [0.15, 0.2) is 40.7 Å². The van der Waals surface area contributed by atoms with Crippen LogP contribution in [-0.4, -0.2) is 35.1 Å². The lowest BCUT2D eigenvalue weighted by Crippen LogP contribution is -2.24. The number of aromatic nitrogens is 1. The van der Waals surface area contributed by atoms with E-state index in [9.17, 15) is 28.1 Å². The molecule has 1 heterocycles. The second-order valence-corrected chi connectivity index (χ2v) is 8.64. The van der Waals surface area contributed by atoms with Crippen molar-refractivity contribution in [3.05, 3.63) is 46.4 Å². The Balaban J connectivity index is 1.75. The van der Waals surface area contributed by atoms with Crippen molar-refractivity contribution in [3.8, 4) is 6.07 Å². The van der Waals surface area contributed by atoms with E-state index in [2.05, 4.69) is 15.2 Å². The molecule has 3 aromatic rings. The lowest BCUT2D eigenvalue weighted by atomic mass is 9.98. The van der Waals surface area contributed by atoms with E-state index < -0.39 is 17.9 Å². The summed E-state index contributed by atoms with van der Waals surface area (Å²) >= 11 is 0. The summed E-state index contributed by atoms with van der Waals surface area (Å²) in [6.07, 6.45) is 0.618. The van der Waals surface area contributed by atoms with E-state index in [-0.39, 0.29) is 17.4 Å². The van der Waals surface area contributed by atoms with Crippen LogP contribution >= 0.6 is 0 Å². The topological polar surface area (TPSA) is 106 Å². The third-order valence-electron chi connectivity index (χ3n) is 6.41. The highest BCUT2D eigenvalue weighted by Crippen LogP contribution is 2.35. The van der Waals surface area contributed by atoms with Gasteiger partial charge in [0.1, 0.15) is 11.8 Å². The minimum absolute atomic E-state index is 0.196. The van der Waals surface area contributed by atoms with Gasteiger partial charge in [-0.15, -0.1) is 4.91 Å². The number of hydrogen-bond donors (Lipinski definition) is 0. The molecule has 1 aliphatic rings. The first kappa shape index (κ1) is 25.3. The smallest absolute Gasteiger partial charge is 0.376 e.